The first-order chi connectivity index (χ1) is 15.8. The molecule has 0 radical (unpaired) electrons. The molecule has 0 amide bonds. The first-order valence-electron chi connectivity index (χ1n) is 10.8. The smallest absolute Gasteiger partial charge is 0.213 e. The van der Waals surface area contributed by atoms with Crippen LogP contribution >= 0.6 is 8.01 Å². The van der Waals surface area contributed by atoms with Crippen LogP contribution in [0.15, 0.2) is 105 Å². The fourth-order valence-corrected chi connectivity index (χ4v) is 6.11. The zero-order valence-electron chi connectivity index (χ0n) is 17.5. The Morgan fingerprint density at radius 3 is 1.06 bits per heavy atom. The third-order valence-electron chi connectivity index (χ3n) is 6.46. The van der Waals surface area contributed by atoms with Gasteiger partial charge in [0.15, 0.2) is 0 Å². The summed E-state index contributed by atoms with van der Waals surface area (Å²) in [5, 5.41) is 11.8. The zero-order valence-corrected chi connectivity index (χ0v) is 18.4. The Morgan fingerprint density at radius 2 is 0.688 bits per heavy atom. The van der Waals surface area contributed by atoms with Crippen LogP contribution in [0.1, 0.15) is 0 Å². The number of fused-ring (bicyclic) bond motifs is 13. The number of benzene rings is 6. The summed E-state index contributed by atoms with van der Waals surface area (Å²) in [6, 6.07) is 34.4. The first kappa shape index (κ1) is 17.9. The van der Waals surface area contributed by atoms with E-state index >= 15 is 0 Å². The van der Waals surface area contributed by atoms with Gasteiger partial charge in [0.2, 0.25) is 8.01 Å². The van der Waals surface area contributed by atoms with Crippen molar-refractivity contribution in [2.24, 2.45) is 6.66 Å². The van der Waals surface area contributed by atoms with Crippen LogP contribution in [0.25, 0.3) is 65.0 Å². The molecular formula is C29H19O2P. The lowest BCUT2D eigenvalue weighted by Gasteiger charge is -2.11. The lowest BCUT2D eigenvalue weighted by molar-refractivity contribution is 0.648. The van der Waals surface area contributed by atoms with Gasteiger partial charge in [-0.3, -0.25) is 0 Å². The van der Waals surface area contributed by atoms with Crippen molar-refractivity contribution >= 4 is 73.0 Å². The Morgan fingerprint density at radius 1 is 0.406 bits per heavy atom. The normalized spacial score (nSPS) is 11.9. The molecule has 0 aliphatic heterocycles. The van der Waals surface area contributed by atoms with Crippen LogP contribution in [0.4, 0.5) is 0 Å². The third-order valence-corrected chi connectivity index (χ3v) is 7.34. The largest absolute Gasteiger partial charge is 0.419 e. The summed E-state index contributed by atoms with van der Waals surface area (Å²) >= 11 is 0. The molecule has 32 heavy (non-hydrogen) atoms. The van der Waals surface area contributed by atoms with E-state index in [4.69, 9.17) is 8.39 Å². The summed E-state index contributed by atoms with van der Waals surface area (Å²) in [5.74, 6) is 0. The van der Waals surface area contributed by atoms with Crippen molar-refractivity contribution < 1.29 is 8.39 Å². The first-order valence-corrected chi connectivity index (χ1v) is 12.4. The van der Waals surface area contributed by atoms with Gasteiger partial charge in [0.25, 0.3) is 0 Å². The van der Waals surface area contributed by atoms with Crippen LogP contribution in [0.2, 0.25) is 0 Å². The van der Waals surface area contributed by atoms with Gasteiger partial charge in [-0.2, -0.15) is 0 Å². The van der Waals surface area contributed by atoms with Crippen molar-refractivity contribution in [1.82, 2.24) is 0 Å². The van der Waals surface area contributed by atoms with Gasteiger partial charge < -0.3 is 8.39 Å². The molecule has 0 atom stereocenters. The summed E-state index contributed by atoms with van der Waals surface area (Å²) in [6.07, 6.45) is 0. The van der Waals surface area contributed by atoms with Gasteiger partial charge in [-0.05, 0) is 32.3 Å². The van der Waals surface area contributed by atoms with Gasteiger partial charge in [0.1, 0.15) is 11.2 Å². The second-order valence-electron chi connectivity index (χ2n) is 8.21. The van der Waals surface area contributed by atoms with Crippen LogP contribution in [0, 0.1) is 0 Å². The summed E-state index contributed by atoms with van der Waals surface area (Å²) in [7, 11) is -1.15. The van der Waals surface area contributed by atoms with Crippen LogP contribution in [-0.2, 0) is 6.66 Å². The fraction of sp³-hybridized carbons (Fsp3) is 0.0345. The van der Waals surface area contributed by atoms with E-state index in [0.29, 0.717) is 0 Å². The molecule has 0 bridgehead atoms. The van der Waals surface area contributed by atoms with Gasteiger partial charge in [0.05, 0.1) is 0 Å². The maximum atomic E-state index is 6.60. The number of rotatable bonds is 0. The molecule has 0 saturated heterocycles. The Labute approximate surface area is 185 Å². The molecule has 3 heteroatoms. The van der Waals surface area contributed by atoms with Gasteiger partial charge in [0, 0.05) is 28.2 Å². The van der Waals surface area contributed by atoms with E-state index in [2.05, 4.69) is 97.1 Å². The molecule has 152 valence electrons. The second-order valence-corrected chi connectivity index (χ2v) is 9.46. The summed E-state index contributed by atoms with van der Waals surface area (Å²) in [5.41, 5.74) is 1.85. The van der Waals surface area contributed by atoms with Crippen LogP contribution < -0.4 is 0 Å². The van der Waals surface area contributed by atoms with Gasteiger partial charge in [-0.15, -0.1) is 0 Å². The molecule has 0 aliphatic rings. The third kappa shape index (κ3) is 2.36. The van der Waals surface area contributed by atoms with Gasteiger partial charge in [-0.25, -0.2) is 0 Å². The molecule has 0 saturated carbocycles. The van der Waals surface area contributed by atoms with Crippen molar-refractivity contribution in [3.63, 3.8) is 0 Å². The van der Waals surface area contributed by atoms with Crippen molar-refractivity contribution in [3.8, 4) is 0 Å². The van der Waals surface area contributed by atoms with Crippen LogP contribution in [0.3, 0.4) is 0 Å². The van der Waals surface area contributed by atoms with E-state index in [0.717, 1.165) is 32.7 Å². The number of aryl methyl sites for hydroxylation is 1. The molecule has 0 aliphatic carbocycles. The van der Waals surface area contributed by atoms with E-state index in [1.807, 2.05) is 6.66 Å². The van der Waals surface area contributed by atoms with Gasteiger partial charge >= 0.3 is 0 Å². The monoisotopic (exact) mass is 430 g/mol. The molecule has 1 aromatic heterocycles. The van der Waals surface area contributed by atoms with E-state index in [1.165, 1.54) is 32.3 Å². The molecule has 1 heterocycles. The predicted molar refractivity (Wildman–Crippen MR) is 137 cm³/mol. The molecule has 7 aromatic rings. The Kier molecular flexibility index (Phi) is 3.71. The number of hydrogen-bond acceptors (Lipinski definition) is 2. The summed E-state index contributed by atoms with van der Waals surface area (Å²) in [6.45, 7) is 2.04. The maximum Gasteiger partial charge on any atom is 0.213 e. The zero-order chi connectivity index (χ0) is 21.2. The number of hydrogen-bond donors (Lipinski definition) is 0. The van der Waals surface area contributed by atoms with E-state index in [-0.39, 0.29) is 0 Å². The quantitative estimate of drug-likeness (QED) is 0.224. The predicted octanol–water partition coefficient (Wildman–Crippen LogP) is 9.44. The Hall–Kier alpha value is -3.74. The molecule has 0 N–H and O–H groups in total. The minimum absolute atomic E-state index is 0.923. The molecule has 7 rings (SSSR count). The Balaban J connectivity index is 1.98. The lowest BCUT2D eigenvalue weighted by atomic mass is 9.92. The van der Waals surface area contributed by atoms with E-state index in [9.17, 15) is 0 Å². The summed E-state index contributed by atoms with van der Waals surface area (Å²) in [4.78, 5) is 0. The molecule has 0 unspecified atom stereocenters. The average molecular weight is 430 g/mol. The highest BCUT2D eigenvalue weighted by Gasteiger charge is 2.18. The minimum atomic E-state index is -1.15. The highest BCUT2D eigenvalue weighted by molar-refractivity contribution is 7.35. The average Bonchev–Trinajstić information content (AvgIpc) is 3.01. The van der Waals surface area contributed by atoms with Crippen molar-refractivity contribution in [2.45, 2.75) is 0 Å². The molecule has 0 fully saturated rings. The second kappa shape index (κ2) is 6.63. The highest BCUT2D eigenvalue weighted by atomic mass is 31.1. The lowest BCUT2D eigenvalue weighted by Crippen LogP contribution is -1.85. The highest BCUT2D eigenvalue weighted by Crippen LogP contribution is 2.46. The van der Waals surface area contributed by atoms with Crippen molar-refractivity contribution in [1.29, 1.82) is 0 Å². The van der Waals surface area contributed by atoms with Gasteiger partial charge in [-0.1, -0.05) is 97.1 Å². The van der Waals surface area contributed by atoms with E-state index < -0.39 is 8.01 Å². The minimum Gasteiger partial charge on any atom is -0.419 e. The topological polar surface area (TPSA) is 26.3 Å². The van der Waals surface area contributed by atoms with Crippen molar-refractivity contribution in [2.75, 3.05) is 0 Å². The van der Waals surface area contributed by atoms with Crippen molar-refractivity contribution in [3.05, 3.63) is 97.1 Å². The maximum absolute atomic E-state index is 6.60. The standard InChI is InChI=1S/C29H19O2P/c1-32-30-28-24-16-8-4-12-20(24)18-10-2-6-14-22(18)26(28)27-23-15-7-3-11-19(23)21-13-5-9-17-25(21)29(27)31-32/h2-17H,1H3. The summed E-state index contributed by atoms with van der Waals surface area (Å²) < 4.78 is 13.2. The Bertz CT molecular complexity index is 1760. The molecule has 2 nitrogen and oxygen atoms in total. The van der Waals surface area contributed by atoms with Crippen LogP contribution in [0.5, 0.6) is 0 Å². The van der Waals surface area contributed by atoms with E-state index in [1.54, 1.807) is 0 Å². The fourth-order valence-electron chi connectivity index (χ4n) is 5.18. The molecular weight excluding hydrogens is 411 g/mol. The molecule has 0 spiro atoms. The molecule has 6 aromatic carbocycles. The van der Waals surface area contributed by atoms with Crippen LogP contribution in [-0.4, -0.2) is 0 Å². The SMILES string of the molecule is Cp1oc2c3ccccc3c3ccccc3c2c2c3ccccc3c3ccccc3c2o1.